The number of hydrogen-bond donors (Lipinski definition) is 0. The SMILES string of the molecule is CC1(C)OC(c2ccc3c(c2)ncn3C2CCCCO2)OC1(C)C. The Hall–Kier alpha value is -1.43. The Labute approximate surface area is 142 Å². The van der Waals surface area contributed by atoms with Crippen LogP contribution < -0.4 is 0 Å². The Morgan fingerprint density at radius 3 is 2.50 bits per heavy atom. The van der Waals surface area contributed by atoms with E-state index in [2.05, 4.69) is 55.4 Å². The van der Waals surface area contributed by atoms with Crippen LogP contribution in [-0.2, 0) is 14.2 Å². The first-order chi connectivity index (χ1) is 11.4. The van der Waals surface area contributed by atoms with E-state index < -0.39 is 0 Å². The number of benzene rings is 1. The monoisotopic (exact) mass is 330 g/mol. The lowest BCUT2D eigenvalue weighted by Gasteiger charge is -2.30. The molecule has 24 heavy (non-hydrogen) atoms. The number of ether oxygens (including phenoxy) is 3. The molecule has 1 atom stereocenters. The molecule has 0 radical (unpaired) electrons. The van der Waals surface area contributed by atoms with Gasteiger partial charge in [-0.15, -0.1) is 0 Å². The molecule has 0 N–H and O–H groups in total. The fourth-order valence-corrected chi connectivity index (χ4v) is 3.35. The highest BCUT2D eigenvalue weighted by Gasteiger charge is 2.49. The van der Waals surface area contributed by atoms with Gasteiger partial charge >= 0.3 is 0 Å². The van der Waals surface area contributed by atoms with Gasteiger partial charge in [0.15, 0.2) is 6.29 Å². The van der Waals surface area contributed by atoms with Crippen molar-refractivity contribution in [3.05, 3.63) is 30.1 Å². The molecule has 2 aromatic rings. The van der Waals surface area contributed by atoms with Crippen molar-refractivity contribution in [3.63, 3.8) is 0 Å². The Balaban J connectivity index is 1.63. The van der Waals surface area contributed by atoms with Crippen LogP contribution in [0.15, 0.2) is 24.5 Å². The van der Waals surface area contributed by atoms with Gasteiger partial charge in [-0.1, -0.05) is 6.07 Å². The first-order valence-corrected chi connectivity index (χ1v) is 8.81. The number of aromatic nitrogens is 2. The van der Waals surface area contributed by atoms with Crippen LogP contribution >= 0.6 is 0 Å². The topological polar surface area (TPSA) is 45.5 Å². The van der Waals surface area contributed by atoms with Crippen molar-refractivity contribution in [2.75, 3.05) is 6.61 Å². The molecule has 2 fully saturated rings. The molecule has 1 unspecified atom stereocenters. The molecular weight excluding hydrogens is 304 g/mol. The van der Waals surface area contributed by atoms with Crippen molar-refractivity contribution in [1.29, 1.82) is 0 Å². The number of nitrogens with zero attached hydrogens (tertiary/aromatic N) is 2. The van der Waals surface area contributed by atoms with Crippen LogP contribution in [0.25, 0.3) is 11.0 Å². The normalized spacial score (nSPS) is 26.9. The summed E-state index contributed by atoms with van der Waals surface area (Å²) in [7, 11) is 0. The molecule has 4 rings (SSSR count). The van der Waals surface area contributed by atoms with Gasteiger partial charge in [-0.3, -0.25) is 0 Å². The molecule has 2 aliphatic heterocycles. The van der Waals surface area contributed by atoms with E-state index in [1.165, 1.54) is 6.42 Å². The first kappa shape index (κ1) is 16.1. The second-order valence-electron chi connectivity index (χ2n) is 7.81. The molecular formula is C19H26N2O3. The zero-order valence-electron chi connectivity index (χ0n) is 14.9. The van der Waals surface area contributed by atoms with E-state index in [1.807, 2.05) is 6.33 Å². The maximum Gasteiger partial charge on any atom is 0.185 e. The number of imidazole rings is 1. The van der Waals surface area contributed by atoms with Gasteiger partial charge in [0.05, 0.1) is 28.6 Å². The van der Waals surface area contributed by atoms with Gasteiger partial charge in [-0.25, -0.2) is 4.98 Å². The Bertz CT molecular complexity index is 728. The summed E-state index contributed by atoms with van der Waals surface area (Å²) in [6.45, 7) is 9.11. The average molecular weight is 330 g/mol. The van der Waals surface area contributed by atoms with Crippen molar-refractivity contribution in [2.45, 2.75) is 70.7 Å². The van der Waals surface area contributed by atoms with Gasteiger partial charge in [0, 0.05) is 12.2 Å². The van der Waals surface area contributed by atoms with Crippen LogP contribution in [0.5, 0.6) is 0 Å². The van der Waals surface area contributed by atoms with Crippen molar-refractivity contribution in [2.24, 2.45) is 0 Å². The van der Waals surface area contributed by atoms with Gasteiger partial charge in [-0.2, -0.15) is 0 Å². The van der Waals surface area contributed by atoms with Gasteiger partial charge < -0.3 is 18.8 Å². The highest BCUT2D eigenvalue weighted by atomic mass is 16.7. The molecule has 1 aromatic heterocycles. The van der Waals surface area contributed by atoms with E-state index in [1.54, 1.807) is 0 Å². The lowest BCUT2D eigenvalue weighted by molar-refractivity contribution is -0.0895. The van der Waals surface area contributed by atoms with E-state index in [0.717, 1.165) is 36.0 Å². The van der Waals surface area contributed by atoms with Crippen LogP contribution in [-0.4, -0.2) is 27.4 Å². The van der Waals surface area contributed by atoms with E-state index in [0.29, 0.717) is 0 Å². The van der Waals surface area contributed by atoms with Gasteiger partial charge in [0.25, 0.3) is 0 Å². The van der Waals surface area contributed by atoms with E-state index in [4.69, 9.17) is 14.2 Å². The van der Waals surface area contributed by atoms with Gasteiger partial charge in [0.1, 0.15) is 6.23 Å². The minimum atomic E-state index is -0.351. The molecule has 130 valence electrons. The summed E-state index contributed by atoms with van der Waals surface area (Å²) >= 11 is 0. The van der Waals surface area contributed by atoms with Crippen molar-refractivity contribution < 1.29 is 14.2 Å². The highest BCUT2D eigenvalue weighted by molar-refractivity contribution is 5.76. The second-order valence-corrected chi connectivity index (χ2v) is 7.81. The average Bonchev–Trinajstić information content (AvgIpc) is 3.06. The summed E-state index contributed by atoms with van der Waals surface area (Å²) in [6, 6.07) is 6.24. The van der Waals surface area contributed by atoms with Crippen molar-refractivity contribution in [3.8, 4) is 0 Å². The minimum absolute atomic E-state index is 0.103. The van der Waals surface area contributed by atoms with Crippen LogP contribution in [0.1, 0.15) is 65.0 Å². The predicted molar refractivity (Wildman–Crippen MR) is 91.6 cm³/mol. The lowest BCUT2D eigenvalue weighted by Crippen LogP contribution is -2.41. The van der Waals surface area contributed by atoms with E-state index >= 15 is 0 Å². The molecule has 0 spiro atoms. The Morgan fingerprint density at radius 1 is 1.08 bits per heavy atom. The molecule has 0 bridgehead atoms. The third-order valence-corrected chi connectivity index (χ3v) is 5.59. The molecule has 5 nitrogen and oxygen atoms in total. The Morgan fingerprint density at radius 2 is 1.83 bits per heavy atom. The largest absolute Gasteiger partial charge is 0.358 e. The summed E-state index contributed by atoms with van der Waals surface area (Å²) in [5.41, 5.74) is 2.40. The molecule has 0 amide bonds. The maximum atomic E-state index is 6.14. The van der Waals surface area contributed by atoms with Crippen molar-refractivity contribution in [1.82, 2.24) is 9.55 Å². The first-order valence-electron chi connectivity index (χ1n) is 8.81. The minimum Gasteiger partial charge on any atom is -0.358 e. The smallest absolute Gasteiger partial charge is 0.185 e. The number of hydrogen-bond acceptors (Lipinski definition) is 4. The zero-order chi connectivity index (χ0) is 16.9. The molecule has 5 heteroatoms. The van der Waals surface area contributed by atoms with Gasteiger partial charge in [-0.05, 0) is 59.1 Å². The summed E-state index contributed by atoms with van der Waals surface area (Å²) in [5.74, 6) is 0. The fourth-order valence-electron chi connectivity index (χ4n) is 3.35. The molecule has 2 aliphatic rings. The summed E-state index contributed by atoms with van der Waals surface area (Å²) < 4.78 is 20.3. The van der Waals surface area contributed by atoms with E-state index in [9.17, 15) is 0 Å². The molecule has 0 saturated carbocycles. The van der Waals surface area contributed by atoms with E-state index in [-0.39, 0.29) is 23.7 Å². The standard InChI is InChI=1S/C19H26N2O3/c1-18(2)19(3,4)24-17(23-18)13-8-9-15-14(11-13)20-12-21(15)16-7-5-6-10-22-16/h8-9,11-12,16-17H,5-7,10H2,1-4H3. The van der Waals surface area contributed by atoms with Crippen LogP contribution in [0.3, 0.4) is 0 Å². The predicted octanol–water partition coefficient (Wildman–Crippen LogP) is 4.34. The lowest BCUT2D eigenvalue weighted by atomic mass is 9.90. The molecule has 2 saturated heterocycles. The number of rotatable bonds is 2. The second kappa shape index (κ2) is 5.55. The maximum absolute atomic E-state index is 6.14. The Kier molecular flexibility index (Phi) is 3.71. The van der Waals surface area contributed by atoms with Crippen molar-refractivity contribution >= 4 is 11.0 Å². The van der Waals surface area contributed by atoms with Crippen LogP contribution in [0, 0.1) is 0 Å². The van der Waals surface area contributed by atoms with Gasteiger partial charge in [0.2, 0.25) is 0 Å². The molecule has 1 aromatic carbocycles. The van der Waals surface area contributed by atoms with Crippen LogP contribution in [0.2, 0.25) is 0 Å². The fraction of sp³-hybridized carbons (Fsp3) is 0.632. The van der Waals surface area contributed by atoms with Crippen LogP contribution in [0.4, 0.5) is 0 Å². The third-order valence-electron chi connectivity index (χ3n) is 5.59. The zero-order valence-corrected chi connectivity index (χ0v) is 14.9. The highest BCUT2D eigenvalue weighted by Crippen LogP contribution is 2.45. The summed E-state index contributed by atoms with van der Waals surface area (Å²) in [4.78, 5) is 4.57. The quantitative estimate of drug-likeness (QED) is 0.822. The molecule has 3 heterocycles. The summed E-state index contributed by atoms with van der Waals surface area (Å²) in [5, 5.41) is 0. The third kappa shape index (κ3) is 2.55. The molecule has 0 aliphatic carbocycles. The summed E-state index contributed by atoms with van der Waals surface area (Å²) in [6.07, 6.45) is 5.03. The number of fused-ring (bicyclic) bond motifs is 1.